The highest BCUT2D eigenvalue weighted by molar-refractivity contribution is 6.42. The minimum absolute atomic E-state index is 0.113. The topological polar surface area (TPSA) is 84.1 Å². The SMILES string of the molecule is CN(CC(N)=O)c1nc(Nc2ccc(Cl)c(Cl)c2)ncc1C(F)(F)F. The summed E-state index contributed by atoms with van der Waals surface area (Å²) in [4.78, 5) is 19.5. The third-order valence-electron chi connectivity index (χ3n) is 3.00. The number of benzene rings is 1. The number of amides is 1. The molecule has 0 saturated carbocycles. The average molecular weight is 394 g/mol. The second-order valence-electron chi connectivity index (χ2n) is 5.00. The molecule has 0 spiro atoms. The first-order chi connectivity index (χ1) is 11.6. The van der Waals surface area contributed by atoms with Crippen LogP contribution < -0.4 is 16.0 Å². The van der Waals surface area contributed by atoms with Crippen LogP contribution in [0.5, 0.6) is 0 Å². The van der Waals surface area contributed by atoms with Gasteiger partial charge < -0.3 is 16.0 Å². The molecule has 25 heavy (non-hydrogen) atoms. The molecular formula is C14H12Cl2F3N5O. The predicted molar refractivity (Wildman–Crippen MR) is 89.2 cm³/mol. The first kappa shape index (κ1) is 19.1. The number of hydrogen-bond acceptors (Lipinski definition) is 5. The van der Waals surface area contributed by atoms with E-state index < -0.39 is 30.0 Å². The molecule has 0 aliphatic rings. The van der Waals surface area contributed by atoms with Crippen molar-refractivity contribution in [3.8, 4) is 0 Å². The second-order valence-corrected chi connectivity index (χ2v) is 5.82. The van der Waals surface area contributed by atoms with Crippen LogP contribution in [0.25, 0.3) is 0 Å². The molecule has 2 rings (SSSR count). The molecule has 1 aromatic carbocycles. The Hall–Kier alpha value is -2.26. The van der Waals surface area contributed by atoms with Gasteiger partial charge in [-0.05, 0) is 18.2 Å². The van der Waals surface area contributed by atoms with Gasteiger partial charge in [-0.3, -0.25) is 4.79 Å². The Morgan fingerprint density at radius 2 is 2.00 bits per heavy atom. The molecule has 1 amide bonds. The van der Waals surface area contributed by atoms with E-state index in [4.69, 9.17) is 28.9 Å². The molecule has 0 radical (unpaired) electrons. The largest absolute Gasteiger partial charge is 0.421 e. The van der Waals surface area contributed by atoms with Crippen molar-refractivity contribution >= 4 is 46.6 Å². The minimum atomic E-state index is -4.69. The summed E-state index contributed by atoms with van der Waals surface area (Å²) < 4.78 is 39.4. The van der Waals surface area contributed by atoms with Crippen molar-refractivity contribution < 1.29 is 18.0 Å². The van der Waals surface area contributed by atoms with Gasteiger partial charge in [-0.1, -0.05) is 23.2 Å². The number of hydrogen-bond donors (Lipinski definition) is 2. The summed E-state index contributed by atoms with van der Waals surface area (Å²) in [6, 6.07) is 4.54. The number of alkyl halides is 3. The number of halogens is 5. The van der Waals surface area contributed by atoms with Crippen molar-refractivity contribution in [2.75, 3.05) is 23.8 Å². The van der Waals surface area contributed by atoms with Gasteiger partial charge in [0.05, 0.1) is 16.6 Å². The zero-order valence-electron chi connectivity index (χ0n) is 12.7. The van der Waals surface area contributed by atoms with E-state index in [-0.39, 0.29) is 11.0 Å². The Kier molecular flexibility index (Phi) is 5.58. The fourth-order valence-electron chi connectivity index (χ4n) is 1.94. The fraction of sp³-hybridized carbons (Fsp3) is 0.214. The summed E-state index contributed by atoms with van der Waals surface area (Å²) >= 11 is 11.7. The van der Waals surface area contributed by atoms with Crippen molar-refractivity contribution in [3.05, 3.63) is 40.0 Å². The molecule has 0 unspecified atom stereocenters. The van der Waals surface area contributed by atoms with Crippen LogP contribution in [0.1, 0.15) is 5.56 Å². The molecule has 0 bridgehead atoms. The van der Waals surface area contributed by atoms with Gasteiger partial charge in [0.1, 0.15) is 11.4 Å². The second kappa shape index (κ2) is 7.32. The summed E-state index contributed by atoms with van der Waals surface area (Å²) in [6.07, 6.45) is -4.07. The number of nitrogens with one attached hydrogen (secondary N) is 1. The zero-order valence-corrected chi connectivity index (χ0v) is 14.2. The summed E-state index contributed by atoms with van der Waals surface area (Å²) in [5.41, 5.74) is 4.38. The standard InChI is InChI=1S/C14H12Cl2F3N5O/c1-24(6-11(20)25)12-8(14(17,18)19)5-21-13(23-12)22-7-2-3-9(15)10(16)4-7/h2-5H,6H2,1H3,(H2,20,25)(H,21,22,23). The lowest BCUT2D eigenvalue weighted by molar-refractivity contribution is -0.137. The number of carbonyl (C=O) groups is 1. The van der Waals surface area contributed by atoms with Crippen molar-refractivity contribution in [1.29, 1.82) is 0 Å². The molecule has 0 aliphatic carbocycles. The Labute approximate surface area is 150 Å². The van der Waals surface area contributed by atoms with E-state index in [1.165, 1.54) is 19.2 Å². The van der Waals surface area contributed by atoms with Gasteiger partial charge in [-0.2, -0.15) is 18.2 Å². The first-order valence-corrected chi connectivity index (χ1v) is 7.49. The highest BCUT2D eigenvalue weighted by Gasteiger charge is 2.36. The number of likely N-dealkylation sites (N-methyl/N-ethyl adjacent to an activating group) is 1. The monoisotopic (exact) mass is 393 g/mol. The van der Waals surface area contributed by atoms with Gasteiger partial charge >= 0.3 is 6.18 Å². The first-order valence-electron chi connectivity index (χ1n) is 6.73. The van der Waals surface area contributed by atoms with E-state index in [0.717, 1.165) is 4.90 Å². The lowest BCUT2D eigenvalue weighted by Crippen LogP contribution is -2.32. The normalized spacial score (nSPS) is 11.3. The van der Waals surface area contributed by atoms with E-state index in [1.54, 1.807) is 6.07 Å². The average Bonchev–Trinajstić information content (AvgIpc) is 2.49. The lowest BCUT2D eigenvalue weighted by atomic mass is 10.2. The van der Waals surface area contributed by atoms with Crippen LogP contribution in [0, 0.1) is 0 Å². The number of anilines is 3. The highest BCUT2D eigenvalue weighted by Crippen LogP contribution is 2.35. The predicted octanol–water partition coefficient (Wildman–Crippen LogP) is 3.47. The molecule has 0 fully saturated rings. The van der Waals surface area contributed by atoms with Gasteiger partial charge in [0, 0.05) is 18.9 Å². The molecule has 3 N–H and O–H groups in total. The number of aromatic nitrogens is 2. The van der Waals surface area contributed by atoms with E-state index in [0.29, 0.717) is 16.9 Å². The number of nitrogens with zero attached hydrogens (tertiary/aromatic N) is 3. The van der Waals surface area contributed by atoms with Gasteiger partial charge in [0.15, 0.2) is 0 Å². The maximum atomic E-state index is 13.1. The van der Waals surface area contributed by atoms with E-state index in [2.05, 4.69) is 15.3 Å². The lowest BCUT2D eigenvalue weighted by Gasteiger charge is -2.21. The Bertz CT molecular complexity index is 801. The van der Waals surface area contributed by atoms with E-state index in [1.807, 2.05) is 0 Å². The molecule has 1 aromatic heterocycles. The van der Waals surface area contributed by atoms with E-state index >= 15 is 0 Å². The maximum Gasteiger partial charge on any atom is 0.421 e. The number of nitrogens with two attached hydrogens (primary N) is 1. The molecule has 0 aliphatic heterocycles. The van der Waals surface area contributed by atoms with Crippen LogP contribution in [0.2, 0.25) is 10.0 Å². The van der Waals surface area contributed by atoms with Gasteiger partial charge in [-0.15, -0.1) is 0 Å². The quantitative estimate of drug-likeness (QED) is 0.812. The van der Waals surface area contributed by atoms with Crippen molar-refractivity contribution in [2.24, 2.45) is 5.73 Å². The Morgan fingerprint density at radius 1 is 1.32 bits per heavy atom. The summed E-state index contributed by atoms with van der Waals surface area (Å²) in [7, 11) is 1.27. The molecule has 6 nitrogen and oxygen atoms in total. The van der Waals surface area contributed by atoms with Crippen molar-refractivity contribution in [3.63, 3.8) is 0 Å². The fourth-order valence-corrected chi connectivity index (χ4v) is 2.23. The van der Waals surface area contributed by atoms with Crippen LogP contribution in [-0.4, -0.2) is 29.5 Å². The molecule has 0 saturated heterocycles. The maximum absolute atomic E-state index is 13.1. The Morgan fingerprint density at radius 3 is 2.56 bits per heavy atom. The van der Waals surface area contributed by atoms with Gasteiger partial charge in [0.25, 0.3) is 0 Å². The number of rotatable bonds is 5. The van der Waals surface area contributed by atoms with Crippen LogP contribution >= 0.6 is 23.2 Å². The zero-order chi connectivity index (χ0) is 18.8. The Balaban J connectivity index is 2.40. The van der Waals surface area contributed by atoms with Crippen molar-refractivity contribution in [2.45, 2.75) is 6.18 Å². The molecule has 0 atom stereocenters. The van der Waals surface area contributed by atoms with E-state index in [9.17, 15) is 18.0 Å². The molecular weight excluding hydrogens is 382 g/mol. The molecule has 2 aromatic rings. The van der Waals surface area contributed by atoms with Crippen LogP contribution in [0.15, 0.2) is 24.4 Å². The molecule has 134 valence electrons. The van der Waals surface area contributed by atoms with Crippen LogP contribution in [0.3, 0.4) is 0 Å². The number of carbonyl (C=O) groups excluding carboxylic acids is 1. The number of primary amides is 1. The smallest absolute Gasteiger partial charge is 0.368 e. The van der Waals surface area contributed by atoms with Crippen molar-refractivity contribution in [1.82, 2.24) is 9.97 Å². The molecule has 1 heterocycles. The molecule has 11 heteroatoms. The third kappa shape index (κ3) is 4.86. The third-order valence-corrected chi connectivity index (χ3v) is 3.74. The summed E-state index contributed by atoms with van der Waals surface area (Å²) in [5, 5.41) is 3.30. The van der Waals surface area contributed by atoms with Crippen LogP contribution in [-0.2, 0) is 11.0 Å². The summed E-state index contributed by atoms with van der Waals surface area (Å²) in [6.45, 7) is -0.438. The minimum Gasteiger partial charge on any atom is -0.368 e. The van der Waals surface area contributed by atoms with Gasteiger partial charge in [-0.25, -0.2) is 4.98 Å². The van der Waals surface area contributed by atoms with Gasteiger partial charge in [0.2, 0.25) is 11.9 Å². The summed E-state index contributed by atoms with van der Waals surface area (Å²) in [5.74, 6) is -1.39. The van der Waals surface area contributed by atoms with Crippen LogP contribution in [0.4, 0.5) is 30.6 Å². The highest BCUT2D eigenvalue weighted by atomic mass is 35.5.